The summed E-state index contributed by atoms with van der Waals surface area (Å²) in [5, 5.41) is 15.2. The van der Waals surface area contributed by atoms with Crippen LogP contribution in [0.4, 0.5) is 0 Å². The van der Waals surface area contributed by atoms with Crippen molar-refractivity contribution in [3.63, 3.8) is 0 Å². The minimum absolute atomic E-state index is 0.0292. The van der Waals surface area contributed by atoms with Gasteiger partial charge in [-0.05, 0) is 31.6 Å². The molecule has 2 aromatic rings. The average molecular weight is 345 g/mol. The van der Waals surface area contributed by atoms with E-state index in [9.17, 15) is 14.7 Å². The standard InChI is InChI=1S/C17H23N5O3/c1-20-15-13(9-19-20)16(24)22(11-18-15)10-14(23)21-7-5-17(25,6-8-21)12-3-2-4-12/h9,11-12,25H,2-8,10H2,1H3. The lowest BCUT2D eigenvalue weighted by Crippen LogP contribution is -2.52. The molecule has 1 N–H and O–H groups in total. The molecule has 2 aromatic heterocycles. The molecule has 0 atom stereocenters. The van der Waals surface area contributed by atoms with E-state index in [1.165, 1.54) is 28.2 Å². The number of aliphatic hydroxyl groups is 1. The van der Waals surface area contributed by atoms with Crippen molar-refractivity contribution in [2.75, 3.05) is 13.1 Å². The molecular weight excluding hydrogens is 322 g/mol. The molecule has 3 heterocycles. The van der Waals surface area contributed by atoms with Crippen LogP contribution in [-0.4, -0.2) is 53.9 Å². The number of carbonyl (C=O) groups excluding carboxylic acids is 1. The van der Waals surface area contributed by atoms with Crippen LogP contribution in [0.3, 0.4) is 0 Å². The summed E-state index contributed by atoms with van der Waals surface area (Å²) in [5.41, 5.74) is -0.353. The lowest BCUT2D eigenvalue weighted by molar-refractivity contribution is -0.140. The Morgan fingerprint density at radius 2 is 2.08 bits per heavy atom. The SMILES string of the molecule is Cn1ncc2c(=O)n(CC(=O)N3CCC(O)(C4CCC4)CC3)cnc21. The molecule has 25 heavy (non-hydrogen) atoms. The number of hydrogen-bond acceptors (Lipinski definition) is 5. The van der Waals surface area contributed by atoms with Gasteiger partial charge >= 0.3 is 0 Å². The third-order valence-electron chi connectivity index (χ3n) is 5.87. The van der Waals surface area contributed by atoms with Gasteiger partial charge in [-0.15, -0.1) is 0 Å². The lowest BCUT2D eigenvalue weighted by Gasteiger charge is -2.46. The highest BCUT2D eigenvalue weighted by molar-refractivity contribution is 5.77. The lowest BCUT2D eigenvalue weighted by atomic mass is 9.69. The number of nitrogens with zero attached hydrogens (tertiary/aromatic N) is 5. The number of hydrogen-bond donors (Lipinski definition) is 1. The molecule has 1 saturated carbocycles. The van der Waals surface area contributed by atoms with Crippen LogP contribution in [0.1, 0.15) is 32.1 Å². The van der Waals surface area contributed by atoms with E-state index in [4.69, 9.17) is 0 Å². The first-order valence-corrected chi connectivity index (χ1v) is 8.85. The molecule has 0 bridgehead atoms. The first-order chi connectivity index (χ1) is 12.0. The average Bonchev–Trinajstić information content (AvgIpc) is 2.90. The van der Waals surface area contributed by atoms with Crippen LogP contribution in [0, 0.1) is 5.92 Å². The third kappa shape index (κ3) is 2.74. The highest BCUT2D eigenvalue weighted by Crippen LogP contribution is 2.41. The first-order valence-electron chi connectivity index (χ1n) is 8.85. The summed E-state index contributed by atoms with van der Waals surface area (Å²) >= 11 is 0. The molecule has 1 aliphatic heterocycles. The molecule has 8 nitrogen and oxygen atoms in total. The van der Waals surface area contributed by atoms with Crippen LogP contribution >= 0.6 is 0 Å². The van der Waals surface area contributed by atoms with Gasteiger partial charge in [-0.3, -0.25) is 18.8 Å². The first kappa shape index (κ1) is 16.3. The second-order valence-electron chi connectivity index (χ2n) is 7.30. The molecule has 134 valence electrons. The fourth-order valence-electron chi connectivity index (χ4n) is 3.92. The highest BCUT2D eigenvalue weighted by Gasteiger charge is 2.42. The van der Waals surface area contributed by atoms with E-state index < -0.39 is 5.60 Å². The maximum atomic E-state index is 12.6. The number of likely N-dealkylation sites (tertiary alicyclic amines) is 1. The summed E-state index contributed by atoms with van der Waals surface area (Å²) in [4.78, 5) is 31.0. The molecular formula is C17H23N5O3. The Hall–Kier alpha value is -2.22. The van der Waals surface area contributed by atoms with Crippen LogP contribution in [0.15, 0.2) is 17.3 Å². The molecule has 0 unspecified atom stereocenters. The Balaban J connectivity index is 1.44. The molecule has 2 aliphatic rings. The fourth-order valence-corrected chi connectivity index (χ4v) is 3.92. The predicted molar refractivity (Wildman–Crippen MR) is 90.9 cm³/mol. The number of fused-ring (bicyclic) bond motifs is 1. The summed E-state index contributed by atoms with van der Waals surface area (Å²) in [6, 6.07) is 0. The van der Waals surface area contributed by atoms with Crippen molar-refractivity contribution < 1.29 is 9.90 Å². The van der Waals surface area contributed by atoms with Gasteiger partial charge < -0.3 is 10.0 Å². The molecule has 0 aromatic carbocycles. The van der Waals surface area contributed by atoms with Crippen molar-refractivity contribution >= 4 is 16.9 Å². The molecule has 1 saturated heterocycles. The number of amides is 1. The number of aryl methyl sites for hydroxylation is 1. The maximum absolute atomic E-state index is 12.6. The molecule has 2 fully saturated rings. The minimum Gasteiger partial charge on any atom is -0.389 e. The summed E-state index contributed by atoms with van der Waals surface area (Å²) in [7, 11) is 1.72. The van der Waals surface area contributed by atoms with Crippen molar-refractivity contribution in [1.82, 2.24) is 24.2 Å². The van der Waals surface area contributed by atoms with Gasteiger partial charge in [-0.1, -0.05) is 6.42 Å². The van der Waals surface area contributed by atoms with E-state index >= 15 is 0 Å². The van der Waals surface area contributed by atoms with Crippen molar-refractivity contribution in [2.24, 2.45) is 13.0 Å². The smallest absolute Gasteiger partial charge is 0.264 e. The molecule has 1 amide bonds. The fraction of sp³-hybridized carbons (Fsp3) is 0.647. The second kappa shape index (κ2) is 5.94. The summed E-state index contributed by atoms with van der Waals surface area (Å²) < 4.78 is 2.87. The van der Waals surface area contributed by atoms with Gasteiger partial charge in [0.1, 0.15) is 18.3 Å². The predicted octanol–water partition coefficient (Wildman–Crippen LogP) is 0.284. The van der Waals surface area contributed by atoms with Gasteiger partial charge in [-0.2, -0.15) is 5.10 Å². The van der Waals surface area contributed by atoms with Crippen molar-refractivity contribution in [3.05, 3.63) is 22.9 Å². The Kier molecular flexibility index (Phi) is 3.87. The van der Waals surface area contributed by atoms with Crippen LogP contribution in [0.2, 0.25) is 0 Å². The van der Waals surface area contributed by atoms with Gasteiger partial charge in [0.2, 0.25) is 5.91 Å². The minimum atomic E-state index is -0.609. The zero-order valence-electron chi connectivity index (χ0n) is 14.4. The second-order valence-corrected chi connectivity index (χ2v) is 7.30. The molecule has 4 rings (SSSR count). The Bertz CT molecular complexity index is 859. The van der Waals surface area contributed by atoms with E-state index in [1.54, 1.807) is 11.9 Å². The van der Waals surface area contributed by atoms with Crippen LogP contribution < -0.4 is 5.56 Å². The van der Waals surface area contributed by atoms with E-state index in [0.29, 0.717) is 42.9 Å². The van der Waals surface area contributed by atoms with E-state index in [1.807, 2.05) is 0 Å². The summed E-state index contributed by atoms with van der Waals surface area (Å²) in [6.45, 7) is 1.06. The quantitative estimate of drug-likeness (QED) is 0.863. The molecule has 0 spiro atoms. The number of rotatable bonds is 3. The number of carbonyl (C=O) groups is 1. The summed E-state index contributed by atoms with van der Waals surface area (Å²) in [6.07, 6.45) is 7.51. The zero-order valence-corrected chi connectivity index (χ0v) is 14.4. The van der Waals surface area contributed by atoms with Gasteiger partial charge in [0, 0.05) is 20.1 Å². The maximum Gasteiger partial charge on any atom is 0.264 e. The van der Waals surface area contributed by atoms with Gasteiger partial charge in [-0.25, -0.2) is 4.98 Å². The van der Waals surface area contributed by atoms with Crippen molar-refractivity contribution in [2.45, 2.75) is 44.2 Å². The van der Waals surface area contributed by atoms with Crippen molar-refractivity contribution in [3.8, 4) is 0 Å². The van der Waals surface area contributed by atoms with Gasteiger partial charge in [0.05, 0.1) is 11.8 Å². The Morgan fingerprint density at radius 1 is 1.36 bits per heavy atom. The third-order valence-corrected chi connectivity index (χ3v) is 5.87. The zero-order chi connectivity index (χ0) is 17.6. The monoisotopic (exact) mass is 345 g/mol. The largest absolute Gasteiger partial charge is 0.389 e. The van der Waals surface area contributed by atoms with Gasteiger partial charge in [0.25, 0.3) is 5.56 Å². The van der Waals surface area contributed by atoms with E-state index in [2.05, 4.69) is 10.1 Å². The normalized spacial score (nSPS) is 20.6. The topological polar surface area (TPSA) is 93.2 Å². The highest BCUT2D eigenvalue weighted by atomic mass is 16.3. The van der Waals surface area contributed by atoms with Crippen LogP contribution in [0.25, 0.3) is 11.0 Å². The van der Waals surface area contributed by atoms with Crippen LogP contribution in [0.5, 0.6) is 0 Å². The number of piperidine rings is 1. The summed E-state index contributed by atoms with van der Waals surface area (Å²) in [5.74, 6) is 0.285. The molecule has 1 aliphatic carbocycles. The van der Waals surface area contributed by atoms with Crippen LogP contribution in [-0.2, 0) is 18.4 Å². The van der Waals surface area contributed by atoms with Crippen molar-refractivity contribution in [1.29, 1.82) is 0 Å². The Morgan fingerprint density at radius 3 is 2.72 bits per heavy atom. The van der Waals surface area contributed by atoms with E-state index in [-0.39, 0.29) is 18.0 Å². The number of aromatic nitrogens is 4. The Labute approximate surface area is 145 Å². The molecule has 8 heteroatoms. The van der Waals surface area contributed by atoms with Gasteiger partial charge in [0.15, 0.2) is 5.65 Å². The molecule has 0 radical (unpaired) electrons. The van der Waals surface area contributed by atoms with E-state index in [0.717, 1.165) is 12.8 Å².